The number of amides is 1. The van der Waals surface area contributed by atoms with Gasteiger partial charge < -0.3 is 15.0 Å². The number of ether oxygens (including phenoxy) is 1. The van der Waals surface area contributed by atoms with Gasteiger partial charge in [0.25, 0.3) is 5.91 Å². The minimum Gasteiger partial charge on any atom is -0.491 e. The smallest absolute Gasteiger partial charge is 0.288 e. The maximum Gasteiger partial charge on any atom is 0.288 e. The molecule has 4 heteroatoms. The summed E-state index contributed by atoms with van der Waals surface area (Å²) in [6.07, 6.45) is 2.64. The first-order chi connectivity index (χ1) is 6.79. The largest absolute Gasteiger partial charge is 0.491 e. The van der Waals surface area contributed by atoms with Gasteiger partial charge in [-0.25, -0.2) is 0 Å². The van der Waals surface area contributed by atoms with Crippen LogP contribution in [-0.2, 0) is 9.53 Å². The minimum absolute atomic E-state index is 0.0100. The van der Waals surface area contributed by atoms with Crippen LogP contribution in [0.4, 0.5) is 0 Å². The van der Waals surface area contributed by atoms with Crippen molar-refractivity contribution in [3.8, 4) is 0 Å². The van der Waals surface area contributed by atoms with Crippen molar-refractivity contribution >= 4 is 5.91 Å². The Morgan fingerprint density at radius 2 is 2.14 bits per heavy atom. The summed E-state index contributed by atoms with van der Waals surface area (Å²) in [6, 6.07) is 0. The molecule has 14 heavy (non-hydrogen) atoms. The molecule has 0 radical (unpaired) electrons. The fourth-order valence-electron chi connectivity index (χ4n) is 1.47. The lowest BCUT2D eigenvalue weighted by atomic mass is 10.3. The van der Waals surface area contributed by atoms with Gasteiger partial charge in [0.05, 0.1) is 7.11 Å². The number of nitrogens with one attached hydrogen (secondary N) is 1. The predicted molar refractivity (Wildman–Crippen MR) is 54.8 cm³/mol. The highest BCUT2D eigenvalue weighted by atomic mass is 16.5. The molecule has 4 nitrogen and oxygen atoms in total. The zero-order chi connectivity index (χ0) is 10.4. The number of piperazine rings is 1. The molecule has 0 bridgehead atoms. The van der Waals surface area contributed by atoms with Crippen LogP contribution in [0.3, 0.4) is 0 Å². The number of hydrogen-bond donors (Lipinski definition) is 1. The Hall–Kier alpha value is -1.03. The van der Waals surface area contributed by atoms with Crippen molar-refractivity contribution in [1.29, 1.82) is 0 Å². The molecule has 0 aliphatic carbocycles. The molecule has 1 heterocycles. The average molecular weight is 198 g/mol. The van der Waals surface area contributed by atoms with Gasteiger partial charge in [0, 0.05) is 26.2 Å². The molecule has 1 aliphatic heterocycles. The third-order valence-electron chi connectivity index (χ3n) is 2.22. The maximum absolute atomic E-state index is 11.8. The van der Waals surface area contributed by atoms with Gasteiger partial charge in [0.1, 0.15) is 0 Å². The van der Waals surface area contributed by atoms with Crippen molar-refractivity contribution in [2.24, 2.45) is 0 Å². The maximum atomic E-state index is 11.8. The highest BCUT2D eigenvalue weighted by Crippen LogP contribution is 2.05. The molecule has 1 aliphatic rings. The Morgan fingerprint density at radius 1 is 1.50 bits per heavy atom. The zero-order valence-corrected chi connectivity index (χ0v) is 8.88. The van der Waals surface area contributed by atoms with Gasteiger partial charge in [-0.3, -0.25) is 4.79 Å². The minimum atomic E-state index is 0.0100. The van der Waals surface area contributed by atoms with E-state index in [1.165, 1.54) is 0 Å². The Balaban J connectivity index is 2.57. The Kier molecular flexibility index (Phi) is 4.46. The van der Waals surface area contributed by atoms with Crippen LogP contribution in [0.15, 0.2) is 11.8 Å². The summed E-state index contributed by atoms with van der Waals surface area (Å²) in [6.45, 7) is 5.26. The van der Waals surface area contributed by atoms with Crippen molar-refractivity contribution in [3.05, 3.63) is 11.8 Å². The summed E-state index contributed by atoms with van der Waals surface area (Å²) in [4.78, 5) is 13.6. The molecule has 0 aromatic rings. The van der Waals surface area contributed by atoms with Crippen molar-refractivity contribution in [3.63, 3.8) is 0 Å². The van der Waals surface area contributed by atoms with E-state index in [2.05, 4.69) is 5.32 Å². The SMILES string of the molecule is CC/C=C(\OC)C(=O)N1CCNCC1. The normalized spacial score (nSPS) is 18.1. The molecule has 0 saturated carbocycles. The first-order valence-electron chi connectivity index (χ1n) is 5.03. The van der Waals surface area contributed by atoms with Gasteiger partial charge in [0.2, 0.25) is 0 Å². The number of allylic oxidation sites excluding steroid dienone is 1. The lowest BCUT2D eigenvalue weighted by Crippen LogP contribution is -2.47. The quantitative estimate of drug-likeness (QED) is 0.526. The van der Waals surface area contributed by atoms with Gasteiger partial charge in [-0.2, -0.15) is 0 Å². The molecule has 1 N–H and O–H groups in total. The number of nitrogens with zero attached hydrogens (tertiary/aromatic N) is 1. The van der Waals surface area contributed by atoms with Crippen LogP contribution in [0.1, 0.15) is 13.3 Å². The van der Waals surface area contributed by atoms with E-state index in [1.54, 1.807) is 7.11 Å². The summed E-state index contributed by atoms with van der Waals surface area (Å²) in [7, 11) is 1.54. The van der Waals surface area contributed by atoms with E-state index in [-0.39, 0.29) is 5.91 Å². The van der Waals surface area contributed by atoms with E-state index in [9.17, 15) is 4.79 Å². The number of carbonyl (C=O) groups excluding carboxylic acids is 1. The third-order valence-corrected chi connectivity index (χ3v) is 2.22. The lowest BCUT2D eigenvalue weighted by Gasteiger charge is -2.27. The van der Waals surface area contributed by atoms with E-state index in [0.29, 0.717) is 5.76 Å². The van der Waals surface area contributed by atoms with E-state index in [0.717, 1.165) is 32.6 Å². The van der Waals surface area contributed by atoms with Crippen molar-refractivity contribution < 1.29 is 9.53 Å². The molecular weight excluding hydrogens is 180 g/mol. The second kappa shape index (κ2) is 5.65. The van der Waals surface area contributed by atoms with E-state index >= 15 is 0 Å². The topological polar surface area (TPSA) is 41.6 Å². The lowest BCUT2D eigenvalue weighted by molar-refractivity contribution is -0.130. The molecule has 0 atom stereocenters. The van der Waals surface area contributed by atoms with Gasteiger partial charge in [-0.1, -0.05) is 6.92 Å². The van der Waals surface area contributed by atoms with Crippen LogP contribution in [0.5, 0.6) is 0 Å². The fraction of sp³-hybridized carbons (Fsp3) is 0.700. The summed E-state index contributed by atoms with van der Waals surface area (Å²) < 4.78 is 5.06. The molecule has 80 valence electrons. The van der Waals surface area contributed by atoms with Gasteiger partial charge in [0.15, 0.2) is 5.76 Å². The predicted octanol–water partition coefficient (Wildman–Crippen LogP) is 0.359. The van der Waals surface area contributed by atoms with Crippen LogP contribution in [0.25, 0.3) is 0 Å². The molecule has 0 spiro atoms. The Bertz CT molecular complexity index is 220. The number of hydrogen-bond acceptors (Lipinski definition) is 3. The average Bonchev–Trinajstić information content (AvgIpc) is 2.26. The second-order valence-corrected chi connectivity index (χ2v) is 3.22. The molecule has 0 aromatic heterocycles. The van der Waals surface area contributed by atoms with E-state index in [1.807, 2.05) is 17.9 Å². The monoisotopic (exact) mass is 198 g/mol. The first kappa shape index (κ1) is 11.0. The van der Waals surface area contributed by atoms with Gasteiger partial charge in [-0.15, -0.1) is 0 Å². The third kappa shape index (κ3) is 2.73. The van der Waals surface area contributed by atoms with Crippen LogP contribution in [0, 0.1) is 0 Å². The molecular formula is C10H18N2O2. The Labute approximate surface area is 84.9 Å². The molecule has 1 saturated heterocycles. The van der Waals surface area contributed by atoms with Crippen molar-refractivity contribution in [2.75, 3.05) is 33.3 Å². The highest BCUT2D eigenvalue weighted by Gasteiger charge is 2.19. The molecule has 0 aromatic carbocycles. The van der Waals surface area contributed by atoms with Crippen LogP contribution >= 0.6 is 0 Å². The van der Waals surface area contributed by atoms with Crippen LogP contribution in [-0.4, -0.2) is 44.1 Å². The van der Waals surface area contributed by atoms with Gasteiger partial charge in [-0.05, 0) is 12.5 Å². The van der Waals surface area contributed by atoms with Crippen molar-refractivity contribution in [1.82, 2.24) is 10.2 Å². The fourth-order valence-corrected chi connectivity index (χ4v) is 1.47. The highest BCUT2D eigenvalue weighted by molar-refractivity contribution is 5.91. The second-order valence-electron chi connectivity index (χ2n) is 3.22. The summed E-state index contributed by atoms with van der Waals surface area (Å²) in [5.74, 6) is 0.477. The summed E-state index contributed by atoms with van der Waals surface area (Å²) >= 11 is 0. The van der Waals surface area contributed by atoms with Crippen LogP contribution in [0.2, 0.25) is 0 Å². The molecule has 1 amide bonds. The molecule has 1 fully saturated rings. The summed E-state index contributed by atoms with van der Waals surface area (Å²) in [5, 5.41) is 3.20. The van der Waals surface area contributed by atoms with Gasteiger partial charge >= 0.3 is 0 Å². The zero-order valence-electron chi connectivity index (χ0n) is 8.88. The Morgan fingerprint density at radius 3 is 2.64 bits per heavy atom. The summed E-state index contributed by atoms with van der Waals surface area (Å²) in [5.41, 5.74) is 0. The van der Waals surface area contributed by atoms with Crippen LogP contribution < -0.4 is 5.32 Å². The number of carbonyl (C=O) groups is 1. The standard InChI is InChI=1S/C10H18N2O2/c1-3-4-9(14-2)10(13)12-7-5-11-6-8-12/h4,11H,3,5-8H2,1-2H3/b9-4-. The van der Waals surface area contributed by atoms with E-state index < -0.39 is 0 Å². The number of methoxy groups -OCH3 is 1. The van der Waals surface area contributed by atoms with Crippen molar-refractivity contribution in [2.45, 2.75) is 13.3 Å². The first-order valence-corrected chi connectivity index (χ1v) is 5.03. The molecule has 1 rings (SSSR count). The molecule has 0 unspecified atom stereocenters. The number of rotatable bonds is 3. The van der Waals surface area contributed by atoms with E-state index in [4.69, 9.17) is 4.74 Å².